The smallest absolute Gasteiger partial charge is 0 e. The Hall–Kier alpha value is 1.37. The first-order valence-electron chi connectivity index (χ1n) is 1.15. The first-order valence-corrected chi connectivity index (χ1v) is 1.93. The fraction of sp³-hybridized carbons (Fsp3) is 0. The van der Waals surface area contributed by atoms with Gasteiger partial charge in [-0.2, -0.15) is 0 Å². The summed E-state index contributed by atoms with van der Waals surface area (Å²) in [7, 11) is 0. The van der Waals surface area contributed by atoms with E-state index in [2.05, 4.69) is 6.58 Å². The Bertz CT molecular complexity index is 64.0. The van der Waals surface area contributed by atoms with Crippen LogP contribution in [0.4, 0.5) is 0 Å². The van der Waals surface area contributed by atoms with Crippen LogP contribution < -0.4 is 0 Å². The van der Waals surface area contributed by atoms with Crippen LogP contribution >= 0.6 is 0 Å². The molecule has 0 heterocycles. The van der Waals surface area contributed by atoms with Gasteiger partial charge in [0.05, 0.1) is 0 Å². The number of hydrogen-bond donors (Lipinski definition) is 0. The van der Waals surface area contributed by atoms with Gasteiger partial charge in [-0.3, -0.25) is 0 Å². The first kappa shape index (κ1) is 15.8. The van der Waals surface area contributed by atoms with Gasteiger partial charge in [-0.25, -0.2) is 0 Å². The Morgan fingerprint density at radius 1 is 1.71 bits per heavy atom. The quantitative estimate of drug-likeness (QED) is 0.403. The SMILES string of the molecule is C=C[C](=O)[Ti].[Al].[Ti]. The van der Waals surface area contributed by atoms with E-state index in [0.717, 1.165) is 0 Å². The maximum Gasteiger partial charge on any atom is 0 e. The number of allylic oxidation sites excluding steroid dienone is 1. The Morgan fingerprint density at radius 3 is 1.86 bits per heavy atom. The standard InChI is InChI=1S/C3H3O.Al.2Ti/c1-2-3-4;;;/h2H,1H2;;;. The molecule has 0 amide bonds. The minimum absolute atomic E-state index is 0. The Balaban J connectivity index is -0.0000000800. The van der Waals surface area contributed by atoms with Crippen molar-refractivity contribution in [3.05, 3.63) is 12.7 Å². The molecule has 0 spiro atoms. The summed E-state index contributed by atoms with van der Waals surface area (Å²) in [6.07, 6.45) is 1.28. The summed E-state index contributed by atoms with van der Waals surface area (Å²) in [4.78, 5) is 9.69. The third kappa shape index (κ3) is 18.7. The zero-order chi connectivity index (χ0) is 4.28. The summed E-state index contributed by atoms with van der Waals surface area (Å²) in [5.74, 6) is 0. The summed E-state index contributed by atoms with van der Waals surface area (Å²) in [5, 5.41) is 0. The van der Waals surface area contributed by atoms with Gasteiger partial charge in [-0.15, -0.1) is 0 Å². The van der Waals surface area contributed by atoms with Crippen molar-refractivity contribution in [1.29, 1.82) is 0 Å². The van der Waals surface area contributed by atoms with E-state index in [0.29, 0.717) is 0 Å². The van der Waals surface area contributed by atoms with E-state index < -0.39 is 0 Å². The molecule has 0 N–H and O–H groups in total. The van der Waals surface area contributed by atoms with Crippen LogP contribution in [0, 0.1) is 0 Å². The van der Waals surface area contributed by atoms with Crippen LogP contribution in [0.2, 0.25) is 0 Å². The summed E-state index contributed by atoms with van der Waals surface area (Å²) in [6.45, 7) is 3.21. The maximum absolute atomic E-state index is 9.69. The van der Waals surface area contributed by atoms with Crippen LogP contribution in [-0.4, -0.2) is 21.4 Å². The molecule has 0 unspecified atom stereocenters. The van der Waals surface area contributed by atoms with E-state index in [1.165, 1.54) is 26.5 Å². The van der Waals surface area contributed by atoms with Gasteiger partial charge in [-0.1, -0.05) is 0 Å². The third-order valence-electron chi connectivity index (χ3n) is 0.185. The molecule has 0 saturated carbocycles. The van der Waals surface area contributed by atoms with Gasteiger partial charge in [0, 0.05) is 39.1 Å². The molecule has 1 nitrogen and oxygen atoms in total. The largest absolute Gasteiger partial charge is 0 e. The summed E-state index contributed by atoms with van der Waals surface area (Å²) in [5.41, 5.74) is 0. The average molecular weight is 178 g/mol. The molecule has 0 bridgehead atoms. The molecule has 0 aromatic heterocycles. The minimum atomic E-state index is 0. The van der Waals surface area contributed by atoms with Gasteiger partial charge >= 0.3 is 42.0 Å². The molecule has 0 aliphatic heterocycles. The minimum Gasteiger partial charge on any atom is 0 e. The van der Waals surface area contributed by atoms with Crippen LogP contribution in [0.1, 0.15) is 0 Å². The average Bonchev–Trinajstić information content (AvgIpc) is 1.38. The predicted octanol–water partition coefficient (Wildman–Crippen LogP) is -0.137. The molecule has 7 heavy (non-hydrogen) atoms. The van der Waals surface area contributed by atoms with Crippen molar-refractivity contribution in [2.24, 2.45) is 0 Å². The molecule has 32 valence electrons. The number of rotatable bonds is 1. The normalized spacial score (nSPS) is 4.43. The zero-order valence-corrected chi connectivity index (χ0v) is 8.05. The van der Waals surface area contributed by atoms with Crippen LogP contribution in [0.3, 0.4) is 0 Å². The summed E-state index contributed by atoms with van der Waals surface area (Å²) >= 11 is 1.47. The van der Waals surface area contributed by atoms with Crippen LogP contribution in [0.25, 0.3) is 0 Å². The molecular weight excluding hydrogens is 175 g/mol. The third-order valence-corrected chi connectivity index (χ3v) is 0.504. The van der Waals surface area contributed by atoms with Crippen molar-refractivity contribution in [1.82, 2.24) is 0 Å². The van der Waals surface area contributed by atoms with Crippen LogP contribution in [-0.2, 0) is 46.9 Å². The number of carbonyl (C=O) groups is 1. The van der Waals surface area contributed by atoms with Gasteiger partial charge < -0.3 is 0 Å². The predicted molar refractivity (Wildman–Crippen MR) is 21.0 cm³/mol. The molecule has 0 aromatic carbocycles. The second-order valence-electron chi connectivity index (χ2n) is 0.568. The number of carbonyl (C=O) groups excluding carboxylic acids is 1. The summed E-state index contributed by atoms with van der Waals surface area (Å²) in [6, 6.07) is 0. The molecule has 0 rings (SSSR count). The second kappa shape index (κ2) is 10.4. The second-order valence-corrected chi connectivity index (χ2v) is 1.34. The monoisotopic (exact) mass is 178 g/mol. The Morgan fingerprint density at radius 2 is 1.86 bits per heavy atom. The molecule has 0 aliphatic rings. The van der Waals surface area contributed by atoms with E-state index in [9.17, 15) is 4.79 Å². The maximum atomic E-state index is 9.69. The molecule has 0 aromatic rings. The van der Waals surface area contributed by atoms with Crippen LogP contribution in [0.5, 0.6) is 0 Å². The van der Waals surface area contributed by atoms with Crippen molar-refractivity contribution in [3.63, 3.8) is 0 Å². The van der Waals surface area contributed by atoms with Crippen molar-refractivity contribution >= 4 is 21.4 Å². The van der Waals surface area contributed by atoms with Crippen LogP contribution in [0.15, 0.2) is 12.7 Å². The van der Waals surface area contributed by atoms with Crippen molar-refractivity contribution in [3.8, 4) is 0 Å². The Labute approximate surface area is 80.3 Å². The van der Waals surface area contributed by atoms with Crippen molar-refractivity contribution < 1.29 is 46.9 Å². The van der Waals surface area contributed by atoms with E-state index in [1.54, 1.807) is 0 Å². The molecule has 0 aliphatic carbocycles. The topological polar surface area (TPSA) is 17.1 Å². The van der Waals surface area contributed by atoms with E-state index in [1.807, 2.05) is 0 Å². The van der Waals surface area contributed by atoms with E-state index >= 15 is 0 Å². The van der Waals surface area contributed by atoms with Gasteiger partial charge in [0.1, 0.15) is 0 Å². The zero-order valence-electron chi connectivity index (χ0n) is 3.77. The Kier molecular flexibility index (Phi) is 23.4. The van der Waals surface area contributed by atoms with Gasteiger partial charge in [0.15, 0.2) is 0 Å². The molecular formula is C3H3AlOTi2. The van der Waals surface area contributed by atoms with E-state index in [4.69, 9.17) is 0 Å². The van der Waals surface area contributed by atoms with Gasteiger partial charge in [0.25, 0.3) is 0 Å². The molecule has 0 fully saturated rings. The van der Waals surface area contributed by atoms with Gasteiger partial charge in [-0.05, 0) is 0 Å². The fourth-order valence-corrected chi connectivity index (χ4v) is 0. The summed E-state index contributed by atoms with van der Waals surface area (Å²) < 4.78 is 0.0185. The first-order chi connectivity index (χ1) is 2.27. The van der Waals surface area contributed by atoms with Gasteiger partial charge in [0.2, 0.25) is 0 Å². The molecule has 0 atom stereocenters. The fourth-order valence-electron chi connectivity index (χ4n) is 0. The molecule has 3 radical (unpaired) electrons. The molecule has 0 saturated heterocycles. The van der Waals surface area contributed by atoms with Crippen molar-refractivity contribution in [2.45, 2.75) is 0 Å². The van der Waals surface area contributed by atoms with Crippen molar-refractivity contribution in [2.75, 3.05) is 0 Å². The number of hydrogen-bond acceptors (Lipinski definition) is 1. The van der Waals surface area contributed by atoms with E-state index in [-0.39, 0.29) is 43.2 Å². The molecule has 4 heteroatoms.